The topological polar surface area (TPSA) is 29.3 Å². The highest BCUT2D eigenvalue weighted by Crippen LogP contribution is 2.33. The van der Waals surface area contributed by atoms with Crippen LogP contribution >= 0.6 is 0 Å². The number of nitrogens with zero attached hydrogens (tertiary/aromatic N) is 1. The quantitative estimate of drug-likeness (QED) is 0.702. The van der Waals surface area contributed by atoms with E-state index in [0.717, 1.165) is 18.5 Å². The Bertz CT molecular complexity index is 303. The van der Waals surface area contributed by atoms with Crippen LogP contribution in [0.4, 0.5) is 0 Å². The van der Waals surface area contributed by atoms with Gasteiger partial charge in [0.1, 0.15) is 0 Å². The Kier molecular flexibility index (Phi) is 3.75. The fourth-order valence-electron chi connectivity index (χ4n) is 1.85. The summed E-state index contributed by atoms with van der Waals surface area (Å²) in [5.41, 5.74) is 2.75. The van der Waals surface area contributed by atoms with E-state index in [9.17, 15) is 0 Å². The Morgan fingerprint density at radius 1 is 1.33 bits per heavy atom. The van der Waals surface area contributed by atoms with Gasteiger partial charge in [-0.3, -0.25) is 5.01 Å². The van der Waals surface area contributed by atoms with Crippen molar-refractivity contribution in [2.45, 2.75) is 40.5 Å². The van der Waals surface area contributed by atoms with Crippen LogP contribution in [0.1, 0.15) is 40.5 Å². The van der Waals surface area contributed by atoms with Gasteiger partial charge in [0.2, 0.25) is 0 Å². The van der Waals surface area contributed by atoms with Crippen molar-refractivity contribution in [1.82, 2.24) is 5.01 Å². The van der Waals surface area contributed by atoms with Gasteiger partial charge in [-0.15, -0.1) is 0 Å². The van der Waals surface area contributed by atoms with Crippen LogP contribution in [0.3, 0.4) is 0 Å². The number of hydrogen-bond acceptors (Lipinski definition) is 2. The van der Waals surface area contributed by atoms with Gasteiger partial charge in [-0.1, -0.05) is 40.2 Å². The zero-order valence-corrected chi connectivity index (χ0v) is 10.2. The highest BCUT2D eigenvalue weighted by atomic mass is 15.4. The summed E-state index contributed by atoms with van der Waals surface area (Å²) in [5.74, 6) is 5.94. The minimum atomic E-state index is 0.179. The molecule has 2 heteroatoms. The van der Waals surface area contributed by atoms with Crippen LogP contribution in [-0.2, 0) is 0 Å². The normalized spacial score (nSPS) is 19.7. The molecule has 0 saturated carbocycles. The van der Waals surface area contributed by atoms with Crippen LogP contribution in [0.25, 0.3) is 0 Å². The first-order valence-corrected chi connectivity index (χ1v) is 5.59. The average molecular weight is 206 g/mol. The lowest BCUT2D eigenvalue weighted by Gasteiger charge is -2.30. The molecule has 2 nitrogen and oxygen atoms in total. The van der Waals surface area contributed by atoms with E-state index in [-0.39, 0.29) is 5.41 Å². The second kappa shape index (κ2) is 4.67. The van der Waals surface area contributed by atoms with Crippen LogP contribution in [-0.4, -0.2) is 5.01 Å². The highest BCUT2D eigenvalue weighted by molar-refractivity contribution is 5.33. The predicted molar refractivity (Wildman–Crippen MR) is 65.7 cm³/mol. The number of nitrogens with two attached hydrogens (primary N) is 1. The summed E-state index contributed by atoms with van der Waals surface area (Å²) in [5, 5.41) is 1.72. The lowest BCUT2D eigenvalue weighted by molar-refractivity contribution is 0.427. The molecular weight excluding hydrogens is 184 g/mol. The van der Waals surface area contributed by atoms with Crippen LogP contribution in [0, 0.1) is 5.41 Å². The van der Waals surface area contributed by atoms with Gasteiger partial charge >= 0.3 is 0 Å². The van der Waals surface area contributed by atoms with Gasteiger partial charge in [0.25, 0.3) is 0 Å². The zero-order chi connectivity index (χ0) is 11.5. The first kappa shape index (κ1) is 12.1. The van der Waals surface area contributed by atoms with Crippen molar-refractivity contribution in [2.75, 3.05) is 0 Å². The molecule has 1 heterocycles. The van der Waals surface area contributed by atoms with Crippen molar-refractivity contribution in [3.63, 3.8) is 0 Å². The summed E-state index contributed by atoms with van der Waals surface area (Å²) < 4.78 is 0. The van der Waals surface area contributed by atoms with Gasteiger partial charge in [0.15, 0.2) is 0 Å². The molecule has 0 amide bonds. The maximum Gasteiger partial charge on any atom is 0.0565 e. The fourth-order valence-corrected chi connectivity index (χ4v) is 1.85. The van der Waals surface area contributed by atoms with E-state index in [2.05, 4.69) is 33.8 Å². The summed E-state index contributed by atoms with van der Waals surface area (Å²) >= 11 is 0. The molecule has 15 heavy (non-hydrogen) atoms. The molecule has 0 aromatic heterocycles. The Hall–Kier alpha value is -1.02. The van der Waals surface area contributed by atoms with Crippen molar-refractivity contribution in [1.29, 1.82) is 0 Å². The SMILES string of the molecule is CCC/C(=C1/C=CC=CN1N)C(C)(C)C. The fraction of sp³-hybridized carbons (Fsp3) is 0.538. The molecular formula is C13H22N2. The van der Waals surface area contributed by atoms with Crippen LogP contribution in [0.2, 0.25) is 0 Å². The summed E-state index contributed by atoms with van der Waals surface area (Å²) in [7, 11) is 0. The lowest BCUT2D eigenvalue weighted by Crippen LogP contribution is -2.28. The van der Waals surface area contributed by atoms with Gasteiger partial charge in [-0.05, 0) is 29.6 Å². The Labute approximate surface area is 93.1 Å². The highest BCUT2D eigenvalue weighted by Gasteiger charge is 2.21. The van der Waals surface area contributed by atoms with Gasteiger partial charge in [0.05, 0.1) is 5.70 Å². The van der Waals surface area contributed by atoms with E-state index < -0.39 is 0 Å². The molecule has 1 aliphatic heterocycles. The number of hydrazine groups is 1. The molecule has 1 rings (SSSR count). The Morgan fingerprint density at radius 2 is 2.00 bits per heavy atom. The molecule has 0 fully saturated rings. The molecule has 0 unspecified atom stereocenters. The third-order valence-electron chi connectivity index (χ3n) is 2.60. The van der Waals surface area contributed by atoms with E-state index in [1.807, 2.05) is 18.4 Å². The predicted octanol–water partition coefficient (Wildman–Crippen LogP) is 3.35. The lowest BCUT2D eigenvalue weighted by atomic mass is 9.82. The van der Waals surface area contributed by atoms with Gasteiger partial charge in [0, 0.05) is 6.20 Å². The molecule has 84 valence electrons. The van der Waals surface area contributed by atoms with E-state index in [1.165, 1.54) is 5.57 Å². The molecule has 2 N–H and O–H groups in total. The number of allylic oxidation sites excluding steroid dienone is 4. The number of hydrogen-bond donors (Lipinski definition) is 1. The van der Waals surface area contributed by atoms with Crippen LogP contribution in [0.15, 0.2) is 35.7 Å². The van der Waals surface area contributed by atoms with E-state index in [0.29, 0.717) is 0 Å². The Morgan fingerprint density at radius 3 is 2.47 bits per heavy atom. The van der Waals surface area contributed by atoms with Crippen LogP contribution < -0.4 is 5.84 Å². The molecule has 0 aliphatic carbocycles. The largest absolute Gasteiger partial charge is 0.287 e. The maximum atomic E-state index is 5.94. The molecule has 0 saturated heterocycles. The van der Waals surface area contributed by atoms with E-state index in [4.69, 9.17) is 5.84 Å². The summed E-state index contributed by atoms with van der Waals surface area (Å²) in [6, 6.07) is 0. The van der Waals surface area contributed by atoms with Crippen molar-refractivity contribution in [2.24, 2.45) is 11.3 Å². The third-order valence-corrected chi connectivity index (χ3v) is 2.60. The van der Waals surface area contributed by atoms with Gasteiger partial charge in [-0.25, -0.2) is 5.84 Å². The van der Waals surface area contributed by atoms with Crippen molar-refractivity contribution >= 4 is 0 Å². The minimum absolute atomic E-state index is 0.179. The number of rotatable bonds is 2. The van der Waals surface area contributed by atoms with Gasteiger partial charge < -0.3 is 0 Å². The van der Waals surface area contributed by atoms with Gasteiger partial charge in [-0.2, -0.15) is 0 Å². The summed E-state index contributed by atoms with van der Waals surface area (Å²) in [6.07, 6.45) is 10.2. The summed E-state index contributed by atoms with van der Waals surface area (Å²) in [6.45, 7) is 8.93. The first-order valence-electron chi connectivity index (χ1n) is 5.59. The summed E-state index contributed by atoms with van der Waals surface area (Å²) in [4.78, 5) is 0. The Balaban J connectivity index is 3.10. The molecule has 0 spiro atoms. The molecule has 0 aromatic rings. The molecule has 0 aromatic carbocycles. The van der Waals surface area contributed by atoms with Crippen LogP contribution in [0.5, 0.6) is 0 Å². The molecule has 0 atom stereocenters. The van der Waals surface area contributed by atoms with Crippen molar-refractivity contribution < 1.29 is 0 Å². The molecule has 0 bridgehead atoms. The second-order valence-corrected chi connectivity index (χ2v) is 4.97. The van der Waals surface area contributed by atoms with E-state index >= 15 is 0 Å². The van der Waals surface area contributed by atoms with Crippen molar-refractivity contribution in [3.05, 3.63) is 35.7 Å². The van der Waals surface area contributed by atoms with E-state index in [1.54, 1.807) is 5.01 Å². The zero-order valence-electron chi connectivity index (χ0n) is 10.2. The molecule has 1 aliphatic rings. The maximum absolute atomic E-state index is 5.94. The monoisotopic (exact) mass is 206 g/mol. The smallest absolute Gasteiger partial charge is 0.0565 e. The standard InChI is InChI=1S/C13H22N2/c1-5-8-11(13(2,3)4)12-9-6-7-10-15(12)14/h6-7,9-10H,5,8,14H2,1-4H3/b12-11+. The molecule has 0 radical (unpaired) electrons. The minimum Gasteiger partial charge on any atom is -0.287 e. The second-order valence-electron chi connectivity index (χ2n) is 4.97. The van der Waals surface area contributed by atoms with Crippen molar-refractivity contribution in [3.8, 4) is 0 Å². The average Bonchev–Trinajstić information content (AvgIpc) is 2.14. The first-order chi connectivity index (χ1) is 6.96. The third kappa shape index (κ3) is 2.96.